The van der Waals surface area contributed by atoms with Crippen molar-refractivity contribution in [2.75, 3.05) is 0 Å². The lowest BCUT2D eigenvalue weighted by Gasteiger charge is -2.31. The second-order valence-electron chi connectivity index (χ2n) is 9.19. The Kier molecular flexibility index (Phi) is 6.87. The van der Waals surface area contributed by atoms with Crippen LogP contribution >= 0.6 is 0 Å². The van der Waals surface area contributed by atoms with E-state index in [0.29, 0.717) is 37.8 Å². The summed E-state index contributed by atoms with van der Waals surface area (Å²) in [6.07, 6.45) is -9.38. The number of hydrogen-bond acceptors (Lipinski definition) is 2. The molecule has 0 bridgehead atoms. The van der Waals surface area contributed by atoms with Gasteiger partial charge < -0.3 is 10.1 Å². The van der Waals surface area contributed by atoms with Crippen LogP contribution in [0.25, 0.3) is 0 Å². The van der Waals surface area contributed by atoms with Crippen molar-refractivity contribution in [3.63, 3.8) is 0 Å². The number of ether oxygens (including phenoxy) is 1. The number of benzene rings is 2. The summed E-state index contributed by atoms with van der Waals surface area (Å²) in [7, 11) is 0. The van der Waals surface area contributed by atoms with E-state index in [1.807, 2.05) is 0 Å². The van der Waals surface area contributed by atoms with Gasteiger partial charge in [-0.15, -0.1) is 0 Å². The second kappa shape index (κ2) is 9.44. The van der Waals surface area contributed by atoms with Crippen LogP contribution in [0.2, 0.25) is 0 Å². The van der Waals surface area contributed by atoms with E-state index in [1.165, 1.54) is 19.1 Å². The van der Waals surface area contributed by atoms with Crippen molar-refractivity contribution in [2.45, 2.75) is 69.1 Å². The van der Waals surface area contributed by atoms with Crippen LogP contribution in [0.15, 0.2) is 42.5 Å². The Hall–Kier alpha value is -2.62. The van der Waals surface area contributed by atoms with Crippen molar-refractivity contribution >= 4 is 5.91 Å². The standard InChI is InChI=1S/C25H24F7NO2/c1-13(15-10-16(24(27,28)29)12-17(11-15)25(30,31)32)35-21-8-6-19(20-7-9-22(34)33-20)23(21)14-2-4-18(26)5-3-14/h2-5,10-13,19-21,23H,6-9H2,1H3,(H,33,34)/t13-,19+,20?,21+,23+/m1/s1. The van der Waals surface area contributed by atoms with Crippen LogP contribution in [-0.4, -0.2) is 18.1 Å². The molecular weight excluding hydrogens is 479 g/mol. The first-order valence-corrected chi connectivity index (χ1v) is 11.3. The Morgan fingerprint density at radius 3 is 2.03 bits per heavy atom. The zero-order chi connectivity index (χ0) is 25.5. The van der Waals surface area contributed by atoms with Gasteiger partial charge in [-0.3, -0.25) is 4.79 Å². The van der Waals surface area contributed by atoms with E-state index in [4.69, 9.17) is 4.74 Å². The van der Waals surface area contributed by atoms with E-state index in [-0.39, 0.29) is 35.4 Å². The molecule has 5 atom stereocenters. The Balaban J connectivity index is 1.64. The number of amides is 1. The summed E-state index contributed by atoms with van der Waals surface area (Å²) >= 11 is 0. The molecule has 4 rings (SSSR count). The summed E-state index contributed by atoms with van der Waals surface area (Å²) in [6, 6.07) is 7.09. The predicted molar refractivity (Wildman–Crippen MR) is 113 cm³/mol. The lowest BCUT2D eigenvalue weighted by Crippen LogP contribution is -2.36. The molecule has 1 N–H and O–H groups in total. The molecule has 2 aromatic carbocycles. The van der Waals surface area contributed by atoms with Crippen LogP contribution in [0.4, 0.5) is 30.7 Å². The molecule has 1 aliphatic carbocycles. The van der Waals surface area contributed by atoms with Gasteiger partial charge in [0.1, 0.15) is 5.82 Å². The quantitative estimate of drug-likeness (QED) is 0.457. The van der Waals surface area contributed by atoms with Crippen LogP contribution in [0.3, 0.4) is 0 Å². The van der Waals surface area contributed by atoms with Gasteiger partial charge in [-0.2, -0.15) is 26.3 Å². The van der Waals surface area contributed by atoms with Crippen LogP contribution in [-0.2, 0) is 21.9 Å². The van der Waals surface area contributed by atoms with E-state index in [1.54, 1.807) is 12.1 Å². The third-order valence-electron chi connectivity index (χ3n) is 6.91. The summed E-state index contributed by atoms with van der Waals surface area (Å²) < 4.78 is 99.5. The zero-order valence-corrected chi connectivity index (χ0v) is 18.7. The number of carbonyl (C=O) groups is 1. The molecule has 1 aliphatic heterocycles. The predicted octanol–water partition coefficient (Wildman–Crippen LogP) is 6.78. The van der Waals surface area contributed by atoms with Gasteiger partial charge in [0.2, 0.25) is 5.91 Å². The van der Waals surface area contributed by atoms with Gasteiger partial charge in [0.15, 0.2) is 0 Å². The van der Waals surface area contributed by atoms with E-state index < -0.39 is 41.5 Å². The lowest BCUT2D eigenvalue weighted by atomic mass is 9.82. The average Bonchev–Trinajstić information content (AvgIpc) is 3.39. The molecule has 2 aromatic rings. The van der Waals surface area contributed by atoms with Gasteiger partial charge in [-0.05, 0) is 73.6 Å². The van der Waals surface area contributed by atoms with E-state index in [2.05, 4.69) is 5.32 Å². The van der Waals surface area contributed by atoms with Gasteiger partial charge in [0.05, 0.1) is 23.3 Å². The fraction of sp³-hybridized carbons (Fsp3) is 0.480. The molecule has 1 amide bonds. The maximum absolute atomic E-state index is 13.5. The van der Waals surface area contributed by atoms with Gasteiger partial charge in [0.25, 0.3) is 0 Å². The molecule has 0 aromatic heterocycles. The molecule has 1 saturated heterocycles. The highest BCUT2D eigenvalue weighted by molar-refractivity contribution is 5.78. The number of rotatable bonds is 5. The van der Waals surface area contributed by atoms with E-state index in [0.717, 1.165) is 5.56 Å². The van der Waals surface area contributed by atoms with Crippen LogP contribution < -0.4 is 5.32 Å². The molecule has 0 spiro atoms. The fourth-order valence-electron chi connectivity index (χ4n) is 5.26. The van der Waals surface area contributed by atoms with Crippen molar-refractivity contribution in [3.8, 4) is 0 Å². The molecule has 3 nitrogen and oxygen atoms in total. The molecular formula is C25H24F7NO2. The summed E-state index contributed by atoms with van der Waals surface area (Å²) in [6.45, 7) is 1.42. The van der Waals surface area contributed by atoms with Crippen molar-refractivity contribution in [2.24, 2.45) is 5.92 Å². The van der Waals surface area contributed by atoms with Crippen molar-refractivity contribution in [1.82, 2.24) is 5.32 Å². The monoisotopic (exact) mass is 503 g/mol. The Morgan fingerprint density at radius 1 is 0.914 bits per heavy atom. The van der Waals surface area contributed by atoms with Crippen molar-refractivity contribution in [3.05, 3.63) is 70.5 Å². The first-order chi connectivity index (χ1) is 16.3. The van der Waals surface area contributed by atoms with Gasteiger partial charge in [-0.1, -0.05) is 12.1 Å². The molecule has 2 fully saturated rings. The number of carbonyl (C=O) groups excluding carboxylic acids is 1. The first-order valence-electron chi connectivity index (χ1n) is 11.3. The largest absolute Gasteiger partial charge is 0.416 e. The summed E-state index contributed by atoms with van der Waals surface area (Å²) in [4.78, 5) is 11.8. The molecule has 1 heterocycles. The average molecular weight is 503 g/mol. The van der Waals surface area contributed by atoms with Crippen LogP contribution in [0.1, 0.15) is 66.9 Å². The summed E-state index contributed by atoms with van der Waals surface area (Å²) in [5, 5.41) is 2.94. The molecule has 1 unspecified atom stereocenters. The number of nitrogens with one attached hydrogen (secondary N) is 1. The normalized spacial score (nSPS) is 26.1. The van der Waals surface area contributed by atoms with Crippen molar-refractivity contribution in [1.29, 1.82) is 0 Å². The summed E-state index contributed by atoms with van der Waals surface area (Å²) in [5.41, 5.74) is -2.29. The van der Waals surface area contributed by atoms with Crippen LogP contribution in [0, 0.1) is 11.7 Å². The van der Waals surface area contributed by atoms with Gasteiger partial charge in [-0.25, -0.2) is 4.39 Å². The highest BCUT2D eigenvalue weighted by Gasteiger charge is 2.45. The molecule has 2 aliphatic rings. The number of alkyl halides is 6. The highest BCUT2D eigenvalue weighted by atomic mass is 19.4. The molecule has 10 heteroatoms. The SMILES string of the molecule is C[C@@H](O[C@H]1CC[C@@H](C2CCC(=O)N2)[C@@H]1c1ccc(F)cc1)c1cc(C(F)(F)F)cc(C(F)(F)F)c1. The minimum atomic E-state index is -4.95. The van der Waals surface area contributed by atoms with Crippen molar-refractivity contribution < 1.29 is 40.3 Å². The molecule has 35 heavy (non-hydrogen) atoms. The van der Waals surface area contributed by atoms with Gasteiger partial charge in [0, 0.05) is 18.4 Å². The minimum absolute atomic E-state index is 0.0589. The Bertz CT molecular complexity index is 1030. The fourth-order valence-corrected chi connectivity index (χ4v) is 5.26. The van der Waals surface area contributed by atoms with Gasteiger partial charge >= 0.3 is 12.4 Å². The topological polar surface area (TPSA) is 38.3 Å². The third kappa shape index (κ3) is 5.63. The zero-order valence-electron chi connectivity index (χ0n) is 18.7. The minimum Gasteiger partial charge on any atom is -0.370 e. The van der Waals surface area contributed by atoms with E-state index in [9.17, 15) is 35.5 Å². The van der Waals surface area contributed by atoms with E-state index >= 15 is 0 Å². The highest BCUT2D eigenvalue weighted by Crippen LogP contribution is 2.47. The lowest BCUT2D eigenvalue weighted by molar-refractivity contribution is -0.143. The number of halogens is 7. The number of hydrogen-bond donors (Lipinski definition) is 1. The maximum Gasteiger partial charge on any atom is 0.416 e. The molecule has 0 radical (unpaired) electrons. The summed E-state index contributed by atoms with van der Waals surface area (Å²) in [5.74, 6) is -0.883. The molecule has 190 valence electrons. The third-order valence-corrected chi connectivity index (χ3v) is 6.91. The second-order valence-corrected chi connectivity index (χ2v) is 9.19. The van der Waals surface area contributed by atoms with Crippen LogP contribution in [0.5, 0.6) is 0 Å². The smallest absolute Gasteiger partial charge is 0.370 e. The molecule has 1 saturated carbocycles. The Labute approximate surface area is 197 Å². The maximum atomic E-state index is 13.5. The Morgan fingerprint density at radius 2 is 1.51 bits per heavy atom. The first kappa shape index (κ1) is 25.5.